The molecule has 1 aliphatic rings. The lowest BCUT2D eigenvalue weighted by Crippen LogP contribution is -2.24. The fraction of sp³-hybridized carbons (Fsp3) is 0.667. The molecule has 1 rings (SSSR count). The van der Waals surface area contributed by atoms with Crippen LogP contribution in [0.4, 0.5) is 0 Å². The van der Waals surface area contributed by atoms with Crippen LogP contribution in [0.25, 0.3) is 0 Å². The maximum Gasteiger partial charge on any atom is 0.178 e. The van der Waals surface area contributed by atoms with E-state index >= 15 is 0 Å². The Morgan fingerprint density at radius 3 is 3.00 bits per heavy atom. The monoisotopic (exact) mass is 153 g/mol. The SMILES string of the molecule is CCNC1=CCC(C)CC1=O. The minimum absolute atomic E-state index is 0.269. The largest absolute Gasteiger partial charge is 0.383 e. The van der Waals surface area contributed by atoms with Crippen molar-refractivity contribution in [3.63, 3.8) is 0 Å². The molecule has 1 atom stereocenters. The van der Waals surface area contributed by atoms with Gasteiger partial charge in [-0.15, -0.1) is 0 Å². The Hall–Kier alpha value is -0.790. The van der Waals surface area contributed by atoms with Crippen LogP contribution in [-0.4, -0.2) is 12.3 Å². The van der Waals surface area contributed by atoms with E-state index in [4.69, 9.17) is 0 Å². The molecule has 0 amide bonds. The third-order valence-corrected chi connectivity index (χ3v) is 1.93. The first-order chi connectivity index (χ1) is 5.24. The molecule has 0 saturated heterocycles. The lowest BCUT2D eigenvalue weighted by Gasteiger charge is -2.17. The topological polar surface area (TPSA) is 29.1 Å². The Morgan fingerprint density at radius 2 is 2.45 bits per heavy atom. The van der Waals surface area contributed by atoms with E-state index in [0.717, 1.165) is 18.7 Å². The Morgan fingerprint density at radius 1 is 1.73 bits per heavy atom. The van der Waals surface area contributed by atoms with E-state index in [2.05, 4.69) is 12.2 Å². The van der Waals surface area contributed by atoms with E-state index in [9.17, 15) is 4.79 Å². The van der Waals surface area contributed by atoms with Gasteiger partial charge in [0.15, 0.2) is 5.78 Å². The summed E-state index contributed by atoms with van der Waals surface area (Å²) in [6.07, 6.45) is 3.76. The van der Waals surface area contributed by atoms with E-state index in [1.807, 2.05) is 13.0 Å². The van der Waals surface area contributed by atoms with E-state index in [1.165, 1.54) is 0 Å². The molecule has 0 saturated carbocycles. The van der Waals surface area contributed by atoms with Crippen molar-refractivity contribution in [2.45, 2.75) is 26.7 Å². The number of ketones is 1. The van der Waals surface area contributed by atoms with Crippen molar-refractivity contribution in [1.29, 1.82) is 0 Å². The minimum atomic E-state index is 0.269. The second kappa shape index (κ2) is 3.56. The zero-order chi connectivity index (χ0) is 8.27. The van der Waals surface area contributed by atoms with Gasteiger partial charge in [0.25, 0.3) is 0 Å². The summed E-state index contributed by atoms with van der Waals surface area (Å²) in [7, 11) is 0. The molecule has 1 N–H and O–H groups in total. The normalized spacial score (nSPS) is 24.7. The summed E-state index contributed by atoms with van der Waals surface area (Å²) in [6.45, 7) is 4.95. The fourth-order valence-corrected chi connectivity index (χ4v) is 1.30. The molecular formula is C9H15NO. The van der Waals surface area contributed by atoms with Crippen LogP contribution in [0.15, 0.2) is 11.8 Å². The van der Waals surface area contributed by atoms with Crippen molar-refractivity contribution < 1.29 is 4.79 Å². The quantitative estimate of drug-likeness (QED) is 0.651. The van der Waals surface area contributed by atoms with Crippen molar-refractivity contribution in [3.8, 4) is 0 Å². The molecule has 0 fully saturated rings. The standard InChI is InChI=1S/C9H15NO/c1-3-10-8-5-4-7(2)6-9(8)11/h5,7,10H,3-4,6H2,1-2H3. The van der Waals surface area contributed by atoms with Gasteiger partial charge in [-0.2, -0.15) is 0 Å². The van der Waals surface area contributed by atoms with Gasteiger partial charge in [0.2, 0.25) is 0 Å². The maximum absolute atomic E-state index is 11.3. The summed E-state index contributed by atoms with van der Waals surface area (Å²) in [4.78, 5) is 11.3. The van der Waals surface area contributed by atoms with Crippen molar-refractivity contribution >= 4 is 5.78 Å². The summed E-state index contributed by atoms with van der Waals surface area (Å²) >= 11 is 0. The smallest absolute Gasteiger partial charge is 0.178 e. The first-order valence-corrected chi connectivity index (χ1v) is 4.21. The number of carbonyl (C=O) groups excluding carboxylic acids is 1. The van der Waals surface area contributed by atoms with Gasteiger partial charge in [-0.05, 0) is 19.3 Å². The number of carbonyl (C=O) groups is 1. The Labute approximate surface area is 67.7 Å². The van der Waals surface area contributed by atoms with Gasteiger partial charge >= 0.3 is 0 Å². The maximum atomic E-state index is 11.3. The zero-order valence-corrected chi connectivity index (χ0v) is 7.18. The predicted molar refractivity (Wildman–Crippen MR) is 45.2 cm³/mol. The van der Waals surface area contributed by atoms with Crippen molar-refractivity contribution in [1.82, 2.24) is 5.32 Å². The number of Topliss-reactive ketones (excluding diaryl/α,β-unsaturated/α-hetero) is 1. The third kappa shape index (κ3) is 2.07. The molecule has 0 bridgehead atoms. The number of hydrogen-bond acceptors (Lipinski definition) is 2. The molecule has 1 aliphatic carbocycles. The first kappa shape index (κ1) is 8.31. The van der Waals surface area contributed by atoms with Crippen LogP contribution >= 0.6 is 0 Å². The molecule has 0 aliphatic heterocycles. The van der Waals surface area contributed by atoms with Crippen LogP contribution in [0.1, 0.15) is 26.7 Å². The van der Waals surface area contributed by atoms with Crippen LogP contribution in [-0.2, 0) is 4.79 Å². The number of nitrogens with one attached hydrogen (secondary N) is 1. The Kier molecular flexibility index (Phi) is 2.69. The highest BCUT2D eigenvalue weighted by Crippen LogP contribution is 2.17. The van der Waals surface area contributed by atoms with Crippen LogP contribution in [0.5, 0.6) is 0 Å². The summed E-state index contributed by atoms with van der Waals surface area (Å²) < 4.78 is 0. The van der Waals surface area contributed by atoms with Gasteiger partial charge in [0.05, 0.1) is 5.70 Å². The molecule has 1 unspecified atom stereocenters. The summed E-state index contributed by atoms with van der Waals surface area (Å²) in [5, 5.41) is 3.07. The van der Waals surface area contributed by atoms with Gasteiger partial charge < -0.3 is 5.32 Å². The Bertz CT molecular complexity index is 184. The third-order valence-electron chi connectivity index (χ3n) is 1.93. The molecule has 11 heavy (non-hydrogen) atoms. The Balaban J connectivity index is 2.57. The summed E-state index contributed by atoms with van der Waals surface area (Å²) in [5.41, 5.74) is 0.825. The average Bonchev–Trinajstić information content (AvgIpc) is 1.95. The highest BCUT2D eigenvalue weighted by molar-refractivity contribution is 5.95. The van der Waals surface area contributed by atoms with E-state index in [0.29, 0.717) is 12.3 Å². The average molecular weight is 153 g/mol. The fourth-order valence-electron chi connectivity index (χ4n) is 1.30. The van der Waals surface area contributed by atoms with Crippen LogP contribution < -0.4 is 5.32 Å². The van der Waals surface area contributed by atoms with E-state index in [1.54, 1.807) is 0 Å². The van der Waals surface area contributed by atoms with Gasteiger partial charge in [0, 0.05) is 13.0 Å². The highest BCUT2D eigenvalue weighted by Gasteiger charge is 2.17. The molecule has 0 spiro atoms. The number of rotatable bonds is 2. The predicted octanol–water partition coefficient (Wildman–Crippen LogP) is 1.48. The van der Waals surface area contributed by atoms with Crippen LogP contribution in [0, 0.1) is 5.92 Å². The molecule has 2 nitrogen and oxygen atoms in total. The molecule has 0 radical (unpaired) electrons. The number of allylic oxidation sites excluding steroid dienone is 2. The van der Waals surface area contributed by atoms with Gasteiger partial charge in [0.1, 0.15) is 0 Å². The molecule has 0 aromatic carbocycles. The second-order valence-corrected chi connectivity index (χ2v) is 3.12. The lowest BCUT2D eigenvalue weighted by molar-refractivity contribution is -0.117. The van der Waals surface area contributed by atoms with Crippen molar-refractivity contribution in [2.75, 3.05) is 6.54 Å². The molecule has 62 valence electrons. The van der Waals surface area contributed by atoms with E-state index in [-0.39, 0.29) is 5.78 Å². The van der Waals surface area contributed by atoms with E-state index < -0.39 is 0 Å². The number of hydrogen-bond donors (Lipinski definition) is 1. The first-order valence-electron chi connectivity index (χ1n) is 4.21. The molecule has 2 heteroatoms. The second-order valence-electron chi connectivity index (χ2n) is 3.12. The summed E-state index contributed by atoms with van der Waals surface area (Å²) in [5.74, 6) is 0.801. The highest BCUT2D eigenvalue weighted by atomic mass is 16.1. The van der Waals surface area contributed by atoms with Crippen LogP contribution in [0.3, 0.4) is 0 Å². The molecule has 0 aromatic heterocycles. The molecular weight excluding hydrogens is 138 g/mol. The lowest BCUT2D eigenvalue weighted by atomic mass is 9.93. The van der Waals surface area contributed by atoms with Gasteiger partial charge in [-0.1, -0.05) is 13.0 Å². The number of likely N-dealkylation sites (N-methyl/N-ethyl adjacent to an activating group) is 1. The van der Waals surface area contributed by atoms with Crippen LogP contribution in [0.2, 0.25) is 0 Å². The summed E-state index contributed by atoms with van der Waals surface area (Å²) in [6, 6.07) is 0. The van der Waals surface area contributed by atoms with Gasteiger partial charge in [-0.25, -0.2) is 0 Å². The minimum Gasteiger partial charge on any atom is -0.383 e. The molecule has 0 heterocycles. The molecule has 0 aromatic rings. The van der Waals surface area contributed by atoms with Crippen molar-refractivity contribution in [2.24, 2.45) is 5.92 Å². The van der Waals surface area contributed by atoms with Crippen molar-refractivity contribution in [3.05, 3.63) is 11.8 Å². The van der Waals surface area contributed by atoms with Gasteiger partial charge in [-0.3, -0.25) is 4.79 Å². The zero-order valence-electron chi connectivity index (χ0n) is 7.18.